The fourth-order valence-corrected chi connectivity index (χ4v) is 3.22. The highest BCUT2D eigenvalue weighted by Gasteiger charge is 2.29. The van der Waals surface area contributed by atoms with E-state index in [1.165, 1.54) is 6.07 Å². The Labute approximate surface area is 105 Å². The van der Waals surface area contributed by atoms with Crippen molar-refractivity contribution >= 4 is 32.3 Å². The van der Waals surface area contributed by atoms with Gasteiger partial charge >= 0.3 is 0 Å². The maximum Gasteiger partial charge on any atom is 0.295 e. The van der Waals surface area contributed by atoms with Crippen LogP contribution in [0.5, 0.6) is 0 Å². The first kappa shape index (κ1) is 11.4. The molecule has 0 spiro atoms. The lowest BCUT2D eigenvalue weighted by Crippen LogP contribution is -2.03. The zero-order chi connectivity index (χ0) is 13.1. The Morgan fingerprint density at radius 3 is 2.56 bits per heavy atom. The molecule has 0 saturated carbocycles. The van der Waals surface area contributed by atoms with E-state index in [0.717, 1.165) is 22.3 Å². The van der Waals surface area contributed by atoms with E-state index < -0.39 is 10.1 Å². The van der Waals surface area contributed by atoms with Crippen LogP contribution in [0.3, 0.4) is 0 Å². The molecular weight excluding hydrogens is 250 g/mol. The van der Waals surface area contributed by atoms with Gasteiger partial charge in [-0.25, -0.2) is 0 Å². The maximum absolute atomic E-state index is 11.4. The van der Waals surface area contributed by atoms with Crippen molar-refractivity contribution in [3.63, 3.8) is 0 Å². The van der Waals surface area contributed by atoms with Gasteiger partial charge in [-0.15, -0.1) is 0 Å². The van der Waals surface area contributed by atoms with Crippen LogP contribution in [0.15, 0.2) is 35.2 Å². The highest BCUT2D eigenvalue weighted by Crippen LogP contribution is 2.37. The van der Waals surface area contributed by atoms with Crippen molar-refractivity contribution in [2.75, 3.05) is 7.05 Å². The second kappa shape index (κ2) is 3.40. The summed E-state index contributed by atoms with van der Waals surface area (Å²) in [5.74, 6) is 0. The summed E-state index contributed by atoms with van der Waals surface area (Å²) in [6.45, 7) is 1.99. The van der Waals surface area contributed by atoms with Crippen LogP contribution in [0.2, 0.25) is 0 Å². The van der Waals surface area contributed by atoms with E-state index in [1.807, 2.05) is 24.6 Å². The monoisotopic (exact) mass is 262 g/mol. The Kier molecular flexibility index (Phi) is 2.15. The van der Waals surface area contributed by atoms with Gasteiger partial charge in [-0.1, -0.05) is 12.1 Å². The number of nitrogens with zero attached hydrogens (tertiary/aromatic N) is 1. The molecule has 92 valence electrons. The standard InChI is InChI=1S/C13H11NO3S/c1-8-9-4-3-5-10-12(18(15,16)17)7-6-11(13(9)10)14(8)2/h3-7H,1-2H3/p+1. The van der Waals surface area contributed by atoms with Crippen molar-refractivity contribution in [1.82, 2.24) is 0 Å². The van der Waals surface area contributed by atoms with Crippen molar-refractivity contribution < 1.29 is 17.5 Å². The molecule has 0 saturated heterocycles. The zero-order valence-corrected chi connectivity index (χ0v) is 10.8. The highest BCUT2D eigenvalue weighted by atomic mass is 32.2. The fraction of sp³-hybridized carbons (Fsp3) is 0.154. The largest absolute Gasteiger partial charge is 0.295 e. The molecule has 18 heavy (non-hydrogen) atoms. The van der Waals surface area contributed by atoms with Crippen LogP contribution >= 0.6 is 0 Å². The van der Waals surface area contributed by atoms with Crippen molar-refractivity contribution in [2.24, 2.45) is 0 Å². The highest BCUT2D eigenvalue weighted by molar-refractivity contribution is 7.86. The van der Waals surface area contributed by atoms with Gasteiger partial charge in [-0.3, -0.25) is 4.55 Å². The molecule has 2 aromatic carbocycles. The van der Waals surface area contributed by atoms with E-state index in [0.29, 0.717) is 5.39 Å². The lowest BCUT2D eigenvalue weighted by Gasteiger charge is -2.03. The molecule has 0 bridgehead atoms. The summed E-state index contributed by atoms with van der Waals surface area (Å²) >= 11 is 0. The first-order valence-electron chi connectivity index (χ1n) is 5.52. The van der Waals surface area contributed by atoms with Gasteiger partial charge in [0, 0.05) is 18.4 Å². The molecule has 1 aliphatic rings. The van der Waals surface area contributed by atoms with Crippen LogP contribution in [0, 0.1) is 0 Å². The predicted molar refractivity (Wildman–Crippen MR) is 69.4 cm³/mol. The smallest absolute Gasteiger partial charge is 0.282 e. The van der Waals surface area contributed by atoms with E-state index in [4.69, 9.17) is 0 Å². The molecule has 0 aliphatic carbocycles. The quantitative estimate of drug-likeness (QED) is 0.633. The first-order valence-corrected chi connectivity index (χ1v) is 6.96. The van der Waals surface area contributed by atoms with Crippen LogP contribution in [0.25, 0.3) is 10.8 Å². The second-order valence-corrected chi connectivity index (χ2v) is 5.82. The number of hydrogen-bond acceptors (Lipinski definition) is 2. The molecule has 2 aromatic rings. The molecule has 0 fully saturated rings. The molecule has 0 radical (unpaired) electrons. The summed E-state index contributed by atoms with van der Waals surface area (Å²) < 4.78 is 34.1. The van der Waals surface area contributed by atoms with Crippen molar-refractivity contribution in [1.29, 1.82) is 0 Å². The molecule has 1 N–H and O–H groups in total. The molecule has 0 atom stereocenters. The maximum atomic E-state index is 11.4. The Morgan fingerprint density at radius 1 is 1.17 bits per heavy atom. The third-order valence-electron chi connectivity index (χ3n) is 3.51. The average molecular weight is 262 g/mol. The summed E-state index contributed by atoms with van der Waals surface area (Å²) in [5.41, 5.74) is 3.05. The second-order valence-electron chi connectivity index (χ2n) is 4.43. The van der Waals surface area contributed by atoms with Crippen LogP contribution in [-0.4, -0.2) is 30.3 Å². The Hall–Kier alpha value is -1.72. The Balaban J connectivity index is 2.55. The number of rotatable bonds is 1. The number of hydrogen-bond donors (Lipinski definition) is 1. The zero-order valence-electron chi connectivity index (χ0n) is 10.0. The molecule has 0 amide bonds. The van der Waals surface area contributed by atoms with Crippen LogP contribution in [0.1, 0.15) is 12.5 Å². The van der Waals surface area contributed by atoms with E-state index in [9.17, 15) is 13.0 Å². The number of benzene rings is 2. The van der Waals surface area contributed by atoms with Crippen molar-refractivity contribution in [3.05, 3.63) is 35.9 Å². The normalized spacial score (nSPS) is 14.6. The summed E-state index contributed by atoms with van der Waals surface area (Å²) in [5, 5.41) is 1.45. The summed E-state index contributed by atoms with van der Waals surface area (Å²) in [7, 11) is -2.26. The minimum Gasteiger partial charge on any atom is -0.282 e. The molecule has 4 nitrogen and oxygen atoms in total. The van der Waals surface area contributed by atoms with Crippen LogP contribution in [-0.2, 0) is 10.1 Å². The molecule has 0 aromatic heterocycles. The third-order valence-corrected chi connectivity index (χ3v) is 4.42. The van der Waals surface area contributed by atoms with Gasteiger partial charge < -0.3 is 0 Å². The molecule has 5 heteroatoms. The molecule has 0 unspecified atom stereocenters. The molecule has 1 heterocycles. The lowest BCUT2D eigenvalue weighted by molar-refractivity contribution is -0.400. The van der Waals surface area contributed by atoms with E-state index >= 15 is 0 Å². The SMILES string of the molecule is CC1=[N+](C)c2ccc(S(=O)(=O)O)c3cccc1c23. The lowest BCUT2D eigenvalue weighted by atomic mass is 10.0. The van der Waals surface area contributed by atoms with Gasteiger partial charge in [-0.05, 0) is 12.1 Å². The van der Waals surface area contributed by atoms with E-state index in [1.54, 1.807) is 18.2 Å². The van der Waals surface area contributed by atoms with E-state index in [-0.39, 0.29) is 4.90 Å². The topological polar surface area (TPSA) is 57.4 Å². The van der Waals surface area contributed by atoms with Crippen LogP contribution in [0.4, 0.5) is 5.69 Å². The fourth-order valence-electron chi connectivity index (χ4n) is 2.53. The van der Waals surface area contributed by atoms with Gasteiger partial charge in [0.2, 0.25) is 5.69 Å². The Bertz CT molecular complexity index is 801. The van der Waals surface area contributed by atoms with Gasteiger partial charge in [-0.2, -0.15) is 13.0 Å². The van der Waals surface area contributed by atoms with Crippen molar-refractivity contribution in [3.8, 4) is 0 Å². The van der Waals surface area contributed by atoms with Gasteiger partial charge in [0.1, 0.15) is 11.9 Å². The molecule has 3 rings (SSSR count). The summed E-state index contributed by atoms with van der Waals surface area (Å²) in [6, 6.07) is 8.66. The van der Waals surface area contributed by atoms with Gasteiger partial charge in [0.05, 0.1) is 10.9 Å². The molecular formula is C13H12NO3S+. The first-order chi connectivity index (χ1) is 8.41. The predicted octanol–water partition coefficient (Wildman–Crippen LogP) is 2.18. The average Bonchev–Trinajstić information content (AvgIpc) is 2.56. The summed E-state index contributed by atoms with van der Waals surface area (Å²) in [4.78, 5) is -0.0359. The summed E-state index contributed by atoms with van der Waals surface area (Å²) in [6.07, 6.45) is 0. The van der Waals surface area contributed by atoms with Crippen LogP contribution < -0.4 is 0 Å². The van der Waals surface area contributed by atoms with Gasteiger partial charge in [0.15, 0.2) is 5.71 Å². The minimum atomic E-state index is -4.20. The van der Waals surface area contributed by atoms with Crippen molar-refractivity contribution in [2.45, 2.75) is 11.8 Å². The third kappa shape index (κ3) is 1.34. The van der Waals surface area contributed by atoms with Gasteiger partial charge in [0.25, 0.3) is 10.1 Å². The van der Waals surface area contributed by atoms with E-state index in [2.05, 4.69) is 0 Å². The Morgan fingerprint density at radius 2 is 1.89 bits per heavy atom. The molecule has 1 aliphatic heterocycles. The minimum absolute atomic E-state index is 0.0359.